The Morgan fingerprint density at radius 1 is 1.30 bits per heavy atom. The van der Waals surface area contributed by atoms with E-state index >= 15 is 0 Å². The third-order valence-electron chi connectivity index (χ3n) is 2.66. The summed E-state index contributed by atoms with van der Waals surface area (Å²) in [5.41, 5.74) is 7.21. The molecule has 0 saturated carbocycles. The van der Waals surface area contributed by atoms with Crippen molar-refractivity contribution in [3.63, 3.8) is 0 Å². The Kier molecular flexibility index (Phi) is 5.02. The standard InChI is InChI=1S/C14H16N4O2/c15-7-11-3-1-2-4-13(11)20-9-14(19)17-8-12-5-6-16-10-18-12/h1-6,10H,7-9,15H2,(H,17,19). The highest BCUT2D eigenvalue weighted by Crippen LogP contribution is 2.16. The first-order valence-corrected chi connectivity index (χ1v) is 6.22. The lowest BCUT2D eigenvalue weighted by molar-refractivity contribution is -0.123. The maximum absolute atomic E-state index is 11.7. The van der Waals surface area contributed by atoms with Gasteiger partial charge in [0.05, 0.1) is 12.2 Å². The van der Waals surface area contributed by atoms with Gasteiger partial charge >= 0.3 is 0 Å². The highest BCUT2D eigenvalue weighted by molar-refractivity contribution is 5.77. The number of para-hydroxylation sites is 1. The molecule has 6 nitrogen and oxygen atoms in total. The van der Waals surface area contributed by atoms with Crippen molar-refractivity contribution in [2.24, 2.45) is 5.73 Å². The summed E-state index contributed by atoms with van der Waals surface area (Å²) in [4.78, 5) is 19.5. The summed E-state index contributed by atoms with van der Waals surface area (Å²) in [7, 11) is 0. The van der Waals surface area contributed by atoms with E-state index in [-0.39, 0.29) is 12.5 Å². The van der Waals surface area contributed by atoms with Gasteiger partial charge in [-0.15, -0.1) is 0 Å². The largest absolute Gasteiger partial charge is 0.483 e. The van der Waals surface area contributed by atoms with Crippen LogP contribution in [0.25, 0.3) is 0 Å². The molecule has 0 atom stereocenters. The Morgan fingerprint density at radius 3 is 2.90 bits per heavy atom. The number of carbonyl (C=O) groups excluding carboxylic acids is 1. The number of rotatable bonds is 6. The fourth-order valence-corrected chi connectivity index (χ4v) is 1.62. The van der Waals surface area contributed by atoms with Crippen LogP contribution in [0.1, 0.15) is 11.3 Å². The van der Waals surface area contributed by atoms with Crippen molar-refractivity contribution < 1.29 is 9.53 Å². The second-order valence-corrected chi connectivity index (χ2v) is 4.08. The number of benzene rings is 1. The lowest BCUT2D eigenvalue weighted by atomic mass is 10.2. The summed E-state index contributed by atoms with van der Waals surface area (Å²) in [6.07, 6.45) is 3.07. The van der Waals surface area contributed by atoms with E-state index in [4.69, 9.17) is 10.5 Å². The van der Waals surface area contributed by atoms with Crippen LogP contribution in [-0.2, 0) is 17.9 Å². The summed E-state index contributed by atoms with van der Waals surface area (Å²) in [6.45, 7) is 0.671. The zero-order valence-corrected chi connectivity index (χ0v) is 11.0. The molecule has 104 valence electrons. The SMILES string of the molecule is NCc1ccccc1OCC(=O)NCc1ccncn1. The van der Waals surface area contributed by atoms with Gasteiger partial charge in [-0.25, -0.2) is 9.97 Å². The fraction of sp³-hybridized carbons (Fsp3) is 0.214. The Labute approximate surface area is 117 Å². The quantitative estimate of drug-likeness (QED) is 0.805. The van der Waals surface area contributed by atoms with Crippen LogP contribution < -0.4 is 15.8 Å². The van der Waals surface area contributed by atoms with Crippen molar-refractivity contribution in [3.05, 3.63) is 54.1 Å². The van der Waals surface area contributed by atoms with Gasteiger partial charge in [-0.2, -0.15) is 0 Å². The molecule has 0 aliphatic heterocycles. The highest BCUT2D eigenvalue weighted by Gasteiger charge is 2.05. The van der Waals surface area contributed by atoms with Crippen LogP contribution in [0.3, 0.4) is 0 Å². The summed E-state index contributed by atoms with van der Waals surface area (Å²) in [5.74, 6) is 0.419. The maximum atomic E-state index is 11.7. The van der Waals surface area contributed by atoms with Gasteiger partial charge in [0, 0.05) is 18.3 Å². The topological polar surface area (TPSA) is 90.1 Å². The van der Waals surface area contributed by atoms with Crippen LogP contribution in [0.2, 0.25) is 0 Å². The molecule has 1 heterocycles. The van der Waals surface area contributed by atoms with Crippen molar-refractivity contribution in [3.8, 4) is 5.75 Å². The molecule has 0 radical (unpaired) electrons. The van der Waals surface area contributed by atoms with Crippen molar-refractivity contribution in [2.45, 2.75) is 13.1 Å². The molecule has 0 aliphatic carbocycles. The second kappa shape index (κ2) is 7.20. The summed E-state index contributed by atoms with van der Waals surface area (Å²) < 4.78 is 5.45. The first kappa shape index (κ1) is 14.0. The Morgan fingerprint density at radius 2 is 2.15 bits per heavy atom. The third-order valence-corrected chi connectivity index (χ3v) is 2.66. The van der Waals surface area contributed by atoms with E-state index in [0.717, 1.165) is 11.3 Å². The van der Waals surface area contributed by atoms with Gasteiger partial charge in [-0.05, 0) is 12.1 Å². The number of amides is 1. The first-order chi connectivity index (χ1) is 9.79. The molecule has 6 heteroatoms. The molecule has 0 aliphatic rings. The van der Waals surface area contributed by atoms with Crippen molar-refractivity contribution in [1.29, 1.82) is 0 Å². The average Bonchev–Trinajstić information content (AvgIpc) is 2.52. The van der Waals surface area contributed by atoms with E-state index in [1.165, 1.54) is 6.33 Å². The lowest BCUT2D eigenvalue weighted by Crippen LogP contribution is -2.28. The Balaban J connectivity index is 1.80. The molecule has 0 unspecified atom stereocenters. The number of hydrogen-bond acceptors (Lipinski definition) is 5. The van der Waals surface area contributed by atoms with Crippen LogP contribution >= 0.6 is 0 Å². The molecule has 1 aromatic heterocycles. The molecule has 2 rings (SSSR count). The number of hydrogen-bond donors (Lipinski definition) is 2. The number of ether oxygens (including phenoxy) is 1. The van der Waals surface area contributed by atoms with Gasteiger partial charge in [-0.3, -0.25) is 4.79 Å². The van der Waals surface area contributed by atoms with Gasteiger partial charge in [0.25, 0.3) is 5.91 Å². The number of nitrogens with one attached hydrogen (secondary N) is 1. The molecular weight excluding hydrogens is 256 g/mol. The Hall–Kier alpha value is -2.47. The Bertz CT molecular complexity index is 560. The van der Waals surface area contributed by atoms with Crippen molar-refractivity contribution >= 4 is 5.91 Å². The maximum Gasteiger partial charge on any atom is 0.258 e. The van der Waals surface area contributed by atoms with E-state index in [2.05, 4.69) is 15.3 Å². The summed E-state index contributed by atoms with van der Waals surface area (Å²) >= 11 is 0. The average molecular weight is 272 g/mol. The highest BCUT2D eigenvalue weighted by atomic mass is 16.5. The monoisotopic (exact) mass is 272 g/mol. The van der Waals surface area contributed by atoms with E-state index in [1.807, 2.05) is 18.2 Å². The molecule has 20 heavy (non-hydrogen) atoms. The first-order valence-electron chi connectivity index (χ1n) is 6.22. The van der Waals surface area contributed by atoms with Crippen LogP contribution in [0.15, 0.2) is 42.9 Å². The third kappa shape index (κ3) is 4.03. The normalized spacial score (nSPS) is 10.1. The lowest BCUT2D eigenvalue weighted by Gasteiger charge is -2.10. The van der Waals surface area contributed by atoms with E-state index in [9.17, 15) is 4.79 Å². The molecule has 0 fully saturated rings. The number of aromatic nitrogens is 2. The van der Waals surface area contributed by atoms with Crippen LogP contribution in [0.5, 0.6) is 5.75 Å². The molecular formula is C14H16N4O2. The number of carbonyl (C=O) groups is 1. The molecule has 2 aromatic rings. The minimum absolute atomic E-state index is 0.0535. The van der Waals surface area contributed by atoms with Crippen LogP contribution in [-0.4, -0.2) is 22.5 Å². The smallest absolute Gasteiger partial charge is 0.258 e. The zero-order valence-electron chi connectivity index (χ0n) is 11.0. The van der Waals surface area contributed by atoms with Gasteiger partial charge in [-0.1, -0.05) is 18.2 Å². The van der Waals surface area contributed by atoms with Crippen LogP contribution in [0, 0.1) is 0 Å². The van der Waals surface area contributed by atoms with E-state index in [1.54, 1.807) is 18.3 Å². The molecule has 0 saturated heterocycles. The van der Waals surface area contributed by atoms with Gasteiger partial charge < -0.3 is 15.8 Å². The predicted molar refractivity (Wildman–Crippen MR) is 73.7 cm³/mol. The van der Waals surface area contributed by atoms with Crippen molar-refractivity contribution in [2.75, 3.05) is 6.61 Å². The van der Waals surface area contributed by atoms with Gasteiger partial charge in [0.1, 0.15) is 12.1 Å². The number of nitrogens with zero attached hydrogens (tertiary/aromatic N) is 2. The number of nitrogens with two attached hydrogens (primary N) is 1. The van der Waals surface area contributed by atoms with E-state index < -0.39 is 0 Å². The summed E-state index contributed by atoms with van der Waals surface area (Å²) in [5, 5.41) is 2.72. The second-order valence-electron chi connectivity index (χ2n) is 4.08. The van der Waals surface area contributed by atoms with Crippen molar-refractivity contribution in [1.82, 2.24) is 15.3 Å². The molecule has 1 amide bonds. The zero-order chi connectivity index (χ0) is 14.2. The van der Waals surface area contributed by atoms with E-state index in [0.29, 0.717) is 18.8 Å². The minimum Gasteiger partial charge on any atom is -0.483 e. The molecule has 3 N–H and O–H groups in total. The summed E-state index contributed by atoms with van der Waals surface area (Å²) in [6, 6.07) is 9.12. The predicted octanol–water partition coefficient (Wildman–Crippen LogP) is 0.630. The molecule has 0 bridgehead atoms. The fourth-order valence-electron chi connectivity index (χ4n) is 1.62. The van der Waals surface area contributed by atoms with Gasteiger partial charge in [0.15, 0.2) is 6.61 Å². The minimum atomic E-state index is -0.213. The van der Waals surface area contributed by atoms with Crippen LogP contribution in [0.4, 0.5) is 0 Å². The van der Waals surface area contributed by atoms with Gasteiger partial charge in [0.2, 0.25) is 0 Å². The molecule has 1 aromatic carbocycles. The molecule has 0 spiro atoms.